The van der Waals surface area contributed by atoms with Crippen LogP contribution in [0, 0.1) is 0 Å². The van der Waals surface area contributed by atoms with E-state index in [1.165, 1.54) is 5.69 Å². The largest absolute Gasteiger partial charge is 0.389 e. The maximum Gasteiger partial charge on any atom is 0.128 e. The highest BCUT2D eigenvalue weighted by molar-refractivity contribution is 7.80. The Morgan fingerprint density at radius 2 is 2.00 bits per heavy atom. The van der Waals surface area contributed by atoms with Crippen LogP contribution in [-0.4, -0.2) is 21.1 Å². The van der Waals surface area contributed by atoms with Crippen molar-refractivity contribution in [3.05, 3.63) is 48.0 Å². The van der Waals surface area contributed by atoms with Gasteiger partial charge in [0.25, 0.3) is 0 Å². The van der Waals surface area contributed by atoms with Crippen LogP contribution in [0.15, 0.2) is 36.7 Å². The molecule has 0 radical (unpaired) electrons. The molecule has 1 aliphatic heterocycles. The third-order valence-corrected chi connectivity index (χ3v) is 3.50. The molecule has 0 amide bonds. The maximum absolute atomic E-state index is 5.60. The second kappa shape index (κ2) is 4.42. The van der Waals surface area contributed by atoms with E-state index in [9.17, 15) is 0 Å². The highest BCUT2D eigenvalue weighted by Gasteiger charge is 2.16. The fourth-order valence-electron chi connectivity index (χ4n) is 2.23. The molecule has 2 heterocycles. The van der Waals surface area contributed by atoms with Gasteiger partial charge in [0.1, 0.15) is 10.8 Å². The molecule has 1 aliphatic rings. The van der Waals surface area contributed by atoms with Crippen molar-refractivity contribution >= 4 is 22.9 Å². The molecule has 0 spiro atoms. The third-order valence-electron chi connectivity index (χ3n) is 3.26. The number of fused-ring (bicyclic) bond motifs is 1. The van der Waals surface area contributed by atoms with E-state index in [-0.39, 0.29) is 0 Å². The minimum atomic E-state index is 0.440. The zero-order valence-electron chi connectivity index (χ0n) is 9.91. The zero-order chi connectivity index (χ0) is 12.5. The first-order valence-corrected chi connectivity index (χ1v) is 6.30. The lowest BCUT2D eigenvalue weighted by Crippen LogP contribution is -2.33. The number of hydrogen-bond acceptors (Lipinski definition) is 3. The summed E-state index contributed by atoms with van der Waals surface area (Å²) in [5, 5.41) is 0. The van der Waals surface area contributed by atoms with Crippen LogP contribution in [0.3, 0.4) is 0 Å². The topological polar surface area (TPSA) is 47.1 Å². The highest BCUT2D eigenvalue weighted by Crippen LogP contribution is 2.20. The number of aromatic nitrogens is 2. The lowest BCUT2D eigenvalue weighted by Gasteiger charge is -2.29. The summed E-state index contributed by atoms with van der Waals surface area (Å²) in [6, 6.07) is 8.07. The van der Waals surface area contributed by atoms with Crippen LogP contribution < -0.4 is 10.6 Å². The van der Waals surface area contributed by atoms with E-state index >= 15 is 0 Å². The smallest absolute Gasteiger partial charge is 0.128 e. The fraction of sp³-hybridized carbons (Fsp3) is 0.231. The van der Waals surface area contributed by atoms with Crippen molar-refractivity contribution in [2.45, 2.75) is 13.1 Å². The quantitative estimate of drug-likeness (QED) is 0.830. The Balaban J connectivity index is 1.82. The number of imidazole rings is 1. The van der Waals surface area contributed by atoms with E-state index < -0.39 is 0 Å². The van der Waals surface area contributed by atoms with Gasteiger partial charge in [0.15, 0.2) is 0 Å². The Kier molecular flexibility index (Phi) is 2.76. The zero-order valence-corrected chi connectivity index (χ0v) is 10.7. The van der Waals surface area contributed by atoms with Gasteiger partial charge in [-0.1, -0.05) is 12.2 Å². The molecule has 0 atom stereocenters. The molecule has 0 saturated carbocycles. The van der Waals surface area contributed by atoms with Crippen LogP contribution in [0.2, 0.25) is 0 Å². The number of hydrogen-bond donors (Lipinski definition) is 1. The van der Waals surface area contributed by atoms with E-state index in [2.05, 4.69) is 26.6 Å². The molecule has 3 rings (SSSR count). The van der Waals surface area contributed by atoms with Crippen molar-refractivity contribution in [2.24, 2.45) is 5.73 Å². The molecule has 0 aliphatic carbocycles. The Morgan fingerprint density at radius 3 is 2.72 bits per heavy atom. The van der Waals surface area contributed by atoms with Crippen molar-refractivity contribution in [1.29, 1.82) is 0 Å². The highest BCUT2D eigenvalue weighted by atomic mass is 32.1. The summed E-state index contributed by atoms with van der Waals surface area (Å²) in [6.45, 7) is 2.82. The Hall–Kier alpha value is -1.88. The van der Waals surface area contributed by atoms with Gasteiger partial charge in [-0.25, -0.2) is 4.98 Å². The second-order valence-corrected chi connectivity index (χ2v) is 4.81. The molecule has 0 bridgehead atoms. The molecule has 5 heteroatoms. The SMILES string of the molecule is NC(=S)c1ccc(N2CCn3ccnc3C2)cc1. The number of nitrogens with two attached hydrogens (primary N) is 1. The van der Waals surface area contributed by atoms with Crippen molar-refractivity contribution in [1.82, 2.24) is 9.55 Å². The van der Waals surface area contributed by atoms with Crippen molar-refractivity contribution in [3.63, 3.8) is 0 Å². The Morgan fingerprint density at radius 1 is 1.22 bits per heavy atom. The van der Waals surface area contributed by atoms with Gasteiger partial charge in [0.05, 0.1) is 6.54 Å². The van der Waals surface area contributed by atoms with Gasteiger partial charge in [-0.3, -0.25) is 0 Å². The van der Waals surface area contributed by atoms with Crippen LogP contribution in [0.4, 0.5) is 5.69 Å². The first kappa shape index (κ1) is 11.2. The molecular weight excluding hydrogens is 244 g/mol. The molecule has 1 aromatic heterocycles. The lowest BCUT2D eigenvalue weighted by atomic mass is 10.2. The molecule has 2 aromatic rings. The van der Waals surface area contributed by atoms with E-state index in [0.29, 0.717) is 4.99 Å². The lowest BCUT2D eigenvalue weighted by molar-refractivity contribution is 0.560. The summed E-state index contributed by atoms with van der Waals surface area (Å²) in [5.41, 5.74) is 7.69. The van der Waals surface area contributed by atoms with Gasteiger partial charge in [-0.2, -0.15) is 0 Å². The summed E-state index contributed by atoms with van der Waals surface area (Å²) in [6.07, 6.45) is 3.89. The number of benzene rings is 1. The summed E-state index contributed by atoms with van der Waals surface area (Å²) >= 11 is 4.95. The number of thiocarbonyl (C=S) groups is 1. The Labute approximate surface area is 111 Å². The predicted octanol–water partition coefficient (Wildman–Crippen LogP) is 1.54. The molecule has 0 fully saturated rings. The van der Waals surface area contributed by atoms with Gasteiger partial charge in [-0.05, 0) is 24.3 Å². The monoisotopic (exact) mass is 258 g/mol. The molecule has 2 N–H and O–H groups in total. The number of anilines is 1. The second-order valence-electron chi connectivity index (χ2n) is 4.37. The summed E-state index contributed by atoms with van der Waals surface area (Å²) < 4.78 is 2.19. The van der Waals surface area contributed by atoms with Gasteiger partial charge < -0.3 is 15.2 Å². The maximum atomic E-state index is 5.60. The van der Waals surface area contributed by atoms with Crippen molar-refractivity contribution < 1.29 is 0 Å². The van der Waals surface area contributed by atoms with Gasteiger partial charge >= 0.3 is 0 Å². The number of nitrogens with zero attached hydrogens (tertiary/aromatic N) is 3. The molecule has 18 heavy (non-hydrogen) atoms. The summed E-state index contributed by atoms with van der Waals surface area (Å²) in [7, 11) is 0. The van der Waals surface area contributed by atoms with E-state index in [4.69, 9.17) is 18.0 Å². The van der Waals surface area contributed by atoms with Crippen LogP contribution in [-0.2, 0) is 13.1 Å². The molecule has 1 aromatic carbocycles. The molecule has 92 valence electrons. The van der Waals surface area contributed by atoms with Crippen LogP contribution in [0.1, 0.15) is 11.4 Å². The summed E-state index contributed by atoms with van der Waals surface area (Å²) in [5.74, 6) is 1.11. The summed E-state index contributed by atoms with van der Waals surface area (Å²) in [4.78, 5) is 7.11. The van der Waals surface area contributed by atoms with Crippen LogP contribution in [0.25, 0.3) is 0 Å². The van der Waals surface area contributed by atoms with Gasteiger partial charge in [-0.15, -0.1) is 0 Å². The first-order valence-electron chi connectivity index (χ1n) is 5.89. The number of rotatable bonds is 2. The average Bonchev–Trinajstić information content (AvgIpc) is 2.86. The van der Waals surface area contributed by atoms with Crippen molar-refractivity contribution in [2.75, 3.05) is 11.4 Å². The normalized spacial score (nSPS) is 14.3. The fourth-order valence-corrected chi connectivity index (χ4v) is 2.37. The Bertz CT molecular complexity index is 573. The standard InChI is InChI=1S/C13H14N4S/c14-13(18)10-1-3-11(4-2-10)17-8-7-16-6-5-15-12(16)9-17/h1-6H,7-9H2,(H2,14,18). The van der Waals surface area contributed by atoms with Crippen LogP contribution >= 0.6 is 12.2 Å². The van der Waals surface area contributed by atoms with E-state index in [0.717, 1.165) is 31.0 Å². The first-order chi connectivity index (χ1) is 8.74. The molecule has 0 saturated heterocycles. The van der Waals surface area contributed by atoms with Crippen LogP contribution in [0.5, 0.6) is 0 Å². The van der Waals surface area contributed by atoms with E-state index in [1.807, 2.05) is 24.5 Å². The minimum Gasteiger partial charge on any atom is -0.389 e. The average molecular weight is 258 g/mol. The molecule has 4 nitrogen and oxygen atoms in total. The van der Waals surface area contributed by atoms with Crippen molar-refractivity contribution in [3.8, 4) is 0 Å². The van der Waals surface area contributed by atoms with Gasteiger partial charge in [0, 0.05) is 36.7 Å². The molecular formula is C13H14N4S. The minimum absolute atomic E-state index is 0.440. The van der Waals surface area contributed by atoms with E-state index in [1.54, 1.807) is 0 Å². The van der Waals surface area contributed by atoms with Gasteiger partial charge in [0.2, 0.25) is 0 Å². The predicted molar refractivity (Wildman–Crippen MR) is 75.6 cm³/mol. The third kappa shape index (κ3) is 1.97. The molecule has 0 unspecified atom stereocenters.